The van der Waals surface area contributed by atoms with Gasteiger partial charge < -0.3 is 4.90 Å². The van der Waals surface area contributed by atoms with Gasteiger partial charge in [-0.05, 0) is 35.9 Å². The van der Waals surface area contributed by atoms with Crippen molar-refractivity contribution in [3.63, 3.8) is 0 Å². The van der Waals surface area contributed by atoms with Crippen LogP contribution in [0.2, 0.25) is 0 Å². The van der Waals surface area contributed by atoms with Crippen molar-refractivity contribution < 1.29 is 9.59 Å². The number of benzene rings is 4. The molecule has 4 aromatic carbocycles. The zero-order valence-corrected chi connectivity index (χ0v) is 16.1. The molecule has 0 fully saturated rings. The number of anilines is 2. The average molecular weight is 380 g/mol. The van der Waals surface area contributed by atoms with Crippen LogP contribution >= 0.6 is 0 Å². The number of carbonyl (C=O) groups is 2. The molecule has 1 aliphatic heterocycles. The van der Waals surface area contributed by atoms with Gasteiger partial charge in [0.1, 0.15) is 6.54 Å². The van der Waals surface area contributed by atoms with Crippen LogP contribution in [-0.2, 0) is 4.79 Å². The highest BCUT2D eigenvalue weighted by Gasteiger charge is 2.32. The van der Waals surface area contributed by atoms with Crippen molar-refractivity contribution in [2.45, 2.75) is 6.92 Å². The van der Waals surface area contributed by atoms with E-state index in [1.165, 1.54) is 0 Å². The average Bonchev–Trinajstić information content (AvgIpc) is 3.02. The van der Waals surface area contributed by atoms with Crippen LogP contribution in [0.3, 0.4) is 0 Å². The number of likely N-dealkylation sites (N-methyl/N-ethyl adjacent to an activating group) is 1. The zero-order valence-electron chi connectivity index (χ0n) is 16.1. The smallest absolute Gasteiger partial charge is 0.259 e. The van der Waals surface area contributed by atoms with Gasteiger partial charge in [0.15, 0.2) is 0 Å². The first-order valence-electron chi connectivity index (χ1n) is 9.81. The summed E-state index contributed by atoms with van der Waals surface area (Å²) in [5.41, 5.74) is 2.35. The third kappa shape index (κ3) is 2.68. The molecule has 0 unspecified atom stereocenters. The molecular weight excluding hydrogens is 360 g/mol. The van der Waals surface area contributed by atoms with E-state index in [4.69, 9.17) is 0 Å². The van der Waals surface area contributed by atoms with E-state index >= 15 is 0 Å². The van der Waals surface area contributed by atoms with Gasteiger partial charge in [-0.2, -0.15) is 0 Å². The van der Waals surface area contributed by atoms with Crippen LogP contribution in [0.4, 0.5) is 11.4 Å². The Kier molecular flexibility index (Phi) is 4.06. The Morgan fingerprint density at radius 1 is 0.862 bits per heavy atom. The minimum atomic E-state index is -0.112. The summed E-state index contributed by atoms with van der Waals surface area (Å²) in [5.74, 6) is -0.207. The summed E-state index contributed by atoms with van der Waals surface area (Å²) in [6, 6.07) is 25.6. The lowest BCUT2D eigenvalue weighted by atomic mass is 10.1. The molecule has 1 heterocycles. The first kappa shape index (κ1) is 17.4. The van der Waals surface area contributed by atoms with Crippen LogP contribution in [0.1, 0.15) is 17.3 Å². The molecule has 0 radical (unpaired) electrons. The number of hydrogen-bond donors (Lipinski definition) is 0. The van der Waals surface area contributed by atoms with Gasteiger partial charge >= 0.3 is 0 Å². The second-order valence-corrected chi connectivity index (χ2v) is 7.21. The molecule has 1 aliphatic rings. The monoisotopic (exact) mass is 380 g/mol. The first-order chi connectivity index (χ1) is 14.2. The van der Waals surface area contributed by atoms with E-state index in [0.29, 0.717) is 12.1 Å². The Labute approximate surface area is 169 Å². The summed E-state index contributed by atoms with van der Waals surface area (Å²) in [6.07, 6.45) is 0. The summed E-state index contributed by atoms with van der Waals surface area (Å²) in [6.45, 7) is 2.51. The Hall–Kier alpha value is -3.66. The molecule has 4 aromatic rings. The van der Waals surface area contributed by atoms with Gasteiger partial charge in [0.05, 0.1) is 11.4 Å². The maximum Gasteiger partial charge on any atom is 0.259 e. The predicted octanol–water partition coefficient (Wildman–Crippen LogP) is 5.01. The molecular formula is C25H20N2O2. The van der Waals surface area contributed by atoms with Crippen molar-refractivity contribution in [3.05, 3.63) is 84.4 Å². The van der Waals surface area contributed by atoms with Gasteiger partial charge in [0, 0.05) is 22.9 Å². The van der Waals surface area contributed by atoms with Crippen LogP contribution in [0.5, 0.6) is 0 Å². The number of rotatable bonds is 4. The molecule has 4 heteroatoms. The van der Waals surface area contributed by atoms with E-state index in [2.05, 4.69) is 0 Å². The van der Waals surface area contributed by atoms with Crippen LogP contribution < -0.4 is 9.80 Å². The third-order valence-electron chi connectivity index (χ3n) is 5.62. The van der Waals surface area contributed by atoms with Crippen molar-refractivity contribution in [1.29, 1.82) is 0 Å². The molecule has 5 rings (SSSR count). The number of amides is 2. The SMILES string of the molecule is CCN(C(=O)CN1C(=O)c2cccc3cccc1c23)c1cccc2ccccc12. The topological polar surface area (TPSA) is 40.6 Å². The van der Waals surface area contributed by atoms with E-state index in [9.17, 15) is 9.59 Å². The van der Waals surface area contributed by atoms with Crippen molar-refractivity contribution in [2.75, 3.05) is 22.9 Å². The van der Waals surface area contributed by atoms with E-state index in [1.807, 2.05) is 85.8 Å². The number of nitrogens with zero attached hydrogens (tertiary/aromatic N) is 2. The number of carbonyl (C=O) groups excluding carboxylic acids is 2. The Balaban J connectivity index is 1.52. The second kappa shape index (κ2) is 6.74. The normalized spacial score (nSPS) is 12.7. The predicted molar refractivity (Wildman–Crippen MR) is 118 cm³/mol. The standard InChI is InChI=1S/C25H20N2O2/c1-2-26(21-14-6-9-17-8-3-4-12-19(17)21)23(28)16-27-22-15-7-11-18-10-5-13-20(24(18)22)25(27)29/h3-15H,2,16H2,1H3. The molecule has 0 saturated heterocycles. The summed E-state index contributed by atoms with van der Waals surface area (Å²) in [5, 5.41) is 4.07. The number of fused-ring (bicyclic) bond motifs is 1. The molecule has 142 valence electrons. The van der Waals surface area contributed by atoms with Crippen LogP contribution in [0.25, 0.3) is 21.5 Å². The fraction of sp³-hybridized carbons (Fsp3) is 0.120. The maximum absolute atomic E-state index is 13.3. The fourth-order valence-electron chi connectivity index (χ4n) is 4.28. The minimum Gasteiger partial charge on any atom is -0.311 e. The molecule has 0 aliphatic carbocycles. The lowest BCUT2D eigenvalue weighted by Crippen LogP contribution is -2.41. The van der Waals surface area contributed by atoms with Gasteiger partial charge in [0.2, 0.25) is 5.91 Å². The Morgan fingerprint density at radius 3 is 2.38 bits per heavy atom. The van der Waals surface area contributed by atoms with E-state index in [1.54, 1.807) is 9.80 Å². The molecule has 0 aromatic heterocycles. The van der Waals surface area contributed by atoms with Gasteiger partial charge in [-0.3, -0.25) is 14.5 Å². The first-order valence-corrected chi connectivity index (χ1v) is 9.81. The van der Waals surface area contributed by atoms with Crippen LogP contribution in [0.15, 0.2) is 78.9 Å². The second-order valence-electron chi connectivity index (χ2n) is 7.21. The minimum absolute atomic E-state index is 0.0175. The van der Waals surface area contributed by atoms with Crippen molar-refractivity contribution in [3.8, 4) is 0 Å². The van der Waals surface area contributed by atoms with Gasteiger partial charge in [0.25, 0.3) is 5.91 Å². The zero-order chi connectivity index (χ0) is 20.0. The van der Waals surface area contributed by atoms with E-state index in [-0.39, 0.29) is 18.4 Å². The van der Waals surface area contributed by atoms with E-state index in [0.717, 1.165) is 32.9 Å². The molecule has 4 nitrogen and oxygen atoms in total. The molecule has 0 spiro atoms. The maximum atomic E-state index is 13.3. The molecule has 29 heavy (non-hydrogen) atoms. The molecule has 0 N–H and O–H groups in total. The molecule has 2 amide bonds. The lowest BCUT2D eigenvalue weighted by molar-refractivity contribution is -0.117. The van der Waals surface area contributed by atoms with E-state index < -0.39 is 0 Å². The van der Waals surface area contributed by atoms with Crippen LogP contribution in [-0.4, -0.2) is 24.9 Å². The third-order valence-corrected chi connectivity index (χ3v) is 5.62. The highest BCUT2D eigenvalue weighted by Crippen LogP contribution is 2.37. The molecule has 0 saturated carbocycles. The molecule has 0 bridgehead atoms. The highest BCUT2D eigenvalue weighted by molar-refractivity contribution is 6.26. The summed E-state index contributed by atoms with van der Waals surface area (Å²) < 4.78 is 0. The van der Waals surface area contributed by atoms with Gasteiger partial charge in [-0.15, -0.1) is 0 Å². The van der Waals surface area contributed by atoms with Gasteiger partial charge in [-0.1, -0.05) is 60.7 Å². The van der Waals surface area contributed by atoms with Crippen molar-refractivity contribution >= 4 is 44.7 Å². The number of hydrogen-bond acceptors (Lipinski definition) is 2. The Bertz CT molecular complexity index is 1270. The molecule has 0 atom stereocenters. The highest BCUT2D eigenvalue weighted by atomic mass is 16.2. The summed E-state index contributed by atoms with van der Waals surface area (Å²) >= 11 is 0. The Morgan fingerprint density at radius 2 is 1.55 bits per heavy atom. The van der Waals surface area contributed by atoms with Crippen LogP contribution in [0, 0.1) is 0 Å². The summed E-state index contributed by atoms with van der Waals surface area (Å²) in [4.78, 5) is 29.7. The van der Waals surface area contributed by atoms with Crippen molar-refractivity contribution in [1.82, 2.24) is 0 Å². The van der Waals surface area contributed by atoms with Gasteiger partial charge in [-0.25, -0.2) is 0 Å². The largest absolute Gasteiger partial charge is 0.311 e. The fourth-order valence-corrected chi connectivity index (χ4v) is 4.28. The lowest BCUT2D eigenvalue weighted by Gasteiger charge is -2.26. The van der Waals surface area contributed by atoms with Crippen molar-refractivity contribution in [2.24, 2.45) is 0 Å². The summed E-state index contributed by atoms with van der Waals surface area (Å²) in [7, 11) is 0. The quantitative estimate of drug-likeness (QED) is 0.499.